The SMILES string of the molecule is COc1c(C)oc(C)c1OC(C)=O. The average molecular weight is 184 g/mol. The van der Waals surface area contributed by atoms with Gasteiger partial charge in [0.1, 0.15) is 11.5 Å². The number of rotatable bonds is 2. The van der Waals surface area contributed by atoms with Gasteiger partial charge in [-0.3, -0.25) is 4.79 Å². The van der Waals surface area contributed by atoms with Crippen molar-refractivity contribution in [2.24, 2.45) is 0 Å². The molecular formula is C9H12O4. The van der Waals surface area contributed by atoms with Crippen LogP contribution in [0.1, 0.15) is 18.4 Å². The Morgan fingerprint density at radius 2 is 1.77 bits per heavy atom. The average Bonchev–Trinajstić information content (AvgIpc) is 2.26. The highest BCUT2D eigenvalue weighted by atomic mass is 16.6. The summed E-state index contributed by atoms with van der Waals surface area (Å²) in [5.74, 6) is 1.61. The van der Waals surface area contributed by atoms with Crippen LogP contribution in [0.15, 0.2) is 4.42 Å². The maximum Gasteiger partial charge on any atom is 0.308 e. The quantitative estimate of drug-likeness (QED) is 0.658. The van der Waals surface area contributed by atoms with Crippen LogP contribution in [-0.4, -0.2) is 13.1 Å². The fourth-order valence-corrected chi connectivity index (χ4v) is 1.14. The van der Waals surface area contributed by atoms with E-state index < -0.39 is 0 Å². The maximum absolute atomic E-state index is 10.7. The van der Waals surface area contributed by atoms with Gasteiger partial charge in [0.2, 0.25) is 11.5 Å². The molecule has 0 aliphatic rings. The maximum atomic E-state index is 10.7. The lowest BCUT2D eigenvalue weighted by atomic mass is 10.4. The van der Waals surface area contributed by atoms with Crippen LogP contribution in [0.3, 0.4) is 0 Å². The van der Waals surface area contributed by atoms with Crippen molar-refractivity contribution in [1.29, 1.82) is 0 Å². The molecule has 0 aliphatic heterocycles. The Hall–Kier alpha value is -1.45. The van der Waals surface area contributed by atoms with Crippen LogP contribution in [0.25, 0.3) is 0 Å². The molecule has 4 heteroatoms. The first-order chi connectivity index (χ1) is 6.06. The lowest BCUT2D eigenvalue weighted by Crippen LogP contribution is -2.02. The molecule has 0 radical (unpaired) electrons. The van der Waals surface area contributed by atoms with Gasteiger partial charge in [-0.1, -0.05) is 0 Å². The standard InChI is InChI=1S/C9H12O4/c1-5-8(11-4)9(6(2)12-5)13-7(3)10/h1-4H3. The fraction of sp³-hybridized carbons (Fsp3) is 0.444. The molecule has 4 nitrogen and oxygen atoms in total. The zero-order chi connectivity index (χ0) is 10.0. The van der Waals surface area contributed by atoms with Crippen molar-refractivity contribution in [2.45, 2.75) is 20.8 Å². The summed E-state index contributed by atoms with van der Waals surface area (Å²) in [6.45, 7) is 4.80. The van der Waals surface area contributed by atoms with E-state index in [0.717, 1.165) is 0 Å². The third-order valence-electron chi connectivity index (χ3n) is 1.60. The molecule has 0 bridgehead atoms. The van der Waals surface area contributed by atoms with Crippen LogP contribution in [0, 0.1) is 13.8 Å². The molecule has 0 amide bonds. The molecule has 0 aromatic carbocycles. The molecule has 0 fully saturated rings. The third kappa shape index (κ3) is 1.83. The second kappa shape index (κ2) is 3.51. The minimum atomic E-state index is -0.387. The van der Waals surface area contributed by atoms with E-state index in [2.05, 4.69) is 0 Å². The van der Waals surface area contributed by atoms with Crippen molar-refractivity contribution in [3.05, 3.63) is 11.5 Å². The van der Waals surface area contributed by atoms with Gasteiger partial charge in [0, 0.05) is 6.92 Å². The van der Waals surface area contributed by atoms with E-state index in [4.69, 9.17) is 13.9 Å². The molecule has 1 aromatic heterocycles. The van der Waals surface area contributed by atoms with Gasteiger partial charge < -0.3 is 13.9 Å². The summed E-state index contributed by atoms with van der Waals surface area (Å²) in [6, 6.07) is 0. The van der Waals surface area contributed by atoms with E-state index in [1.165, 1.54) is 14.0 Å². The molecule has 0 spiro atoms. The number of furan rings is 1. The summed E-state index contributed by atoms with van der Waals surface area (Å²) in [7, 11) is 1.50. The highest BCUT2D eigenvalue weighted by molar-refractivity contribution is 5.71. The summed E-state index contributed by atoms with van der Waals surface area (Å²) in [5.41, 5.74) is 0. The van der Waals surface area contributed by atoms with Gasteiger partial charge >= 0.3 is 5.97 Å². The molecule has 72 valence electrons. The van der Waals surface area contributed by atoms with E-state index in [1.807, 2.05) is 0 Å². The number of methoxy groups -OCH3 is 1. The van der Waals surface area contributed by atoms with Crippen LogP contribution in [0.5, 0.6) is 11.5 Å². The summed E-state index contributed by atoms with van der Waals surface area (Å²) in [6.07, 6.45) is 0. The molecule has 0 N–H and O–H groups in total. The van der Waals surface area contributed by atoms with E-state index in [0.29, 0.717) is 23.0 Å². The Labute approximate surface area is 76.4 Å². The molecule has 1 heterocycles. The van der Waals surface area contributed by atoms with Gasteiger partial charge in [-0.2, -0.15) is 0 Å². The van der Waals surface area contributed by atoms with Crippen LogP contribution < -0.4 is 9.47 Å². The summed E-state index contributed by atoms with van der Waals surface area (Å²) in [4.78, 5) is 10.7. The van der Waals surface area contributed by atoms with Crippen molar-refractivity contribution < 1.29 is 18.7 Å². The number of esters is 1. The number of carbonyl (C=O) groups excluding carboxylic acids is 1. The lowest BCUT2D eigenvalue weighted by molar-refractivity contribution is -0.132. The topological polar surface area (TPSA) is 48.7 Å². The van der Waals surface area contributed by atoms with Crippen LogP contribution in [0.2, 0.25) is 0 Å². The van der Waals surface area contributed by atoms with Gasteiger partial charge in [0.15, 0.2) is 0 Å². The largest absolute Gasteiger partial charge is 0.490 e. The Kier molecular flexibility index (Phi) is 2.60. The zero-order valence-corrected chi connectivity index (χ0v) is 8.13. The summed E-state index contributed by atoms with van der Waals surface area (Å²) >= 11 is 0. The molecular weight excluding hydrogens is 172 g/mol. The van der Waals surface area contributed by atoms with E-state index in [9.17, 15) is 4.79 Å². The van der Waals surface area contributed by atoms with Gasteiger partial charge in [-0.15, -0.1) is 0 Å². The number of carbonyl (C=O) groups is 1. The second-order valence-corrected chi connectivity index (χ2v) is 2.67. The van der Waals surface area contributed by atoms with E-state index in [-0.39, 0.29) is 5.97 Å². The summed E-state index contributed by atoms with van der Waals surface area (Å²) in [5, 5.41) is 0. The van der Waals surface area contributed by atoms with Crippen molar-refractivity contribution >= 4 is 5.97 Å². The lowest BCUT2D eigenvalue weighted by Gasteiger charge is -2.01. The van der Waals surface area contributed by atoms with Crippen molar-refractivity contribution in [1.82, 2.24) is 0 Å². The molecule has 0 atom stereocenters. The third-order valence-corrected chi connectivity index (χ3v) is 1.60. The molecule has 1 aromatic rings. The highest BCUT2D eigenvalue weighted by Crippen LogP contribution is 2.36. The molecule has 0 aliphatic carbocycles. The normalized spacial score (nSPS) is 9.85. The molecule has 0 saturated heterocycles. The smallest absolute Gasteiger partial charge is 0.308 e. The number of hydrogen-bond acceptors (Lipinski definition) is 4. The minimum absolute atomic E-state index is 0.368. The van der Waals surface area contributed by atoms with Crippen molar-refractivity contribution in [3.63, 3.8) is 0 Å². The first-order valence-corrected chi connectivity index (χ1v) is 3.88. The minimum Gasteiger partial charge on any atom is -0.490 e. The zero-order valence-electron chi connectivity index (χ0n) is 8.13. The number of ether oxygens (including phenoxy) is 2. The van der Waals surface area contributed by atoms with Gasteiger partial charge in [0.05, 0.1) is 7.11 Å². The number of aryl methyl sites for hydroxylation is 2. The van der Waals surface area contributed by atoms with E-state index >= 15 is 0 Å². The first-order valence-electron chi connectivity index (χ1n) is 3.88. The van der Waals surface area contributed by atoms with Crippen LogP contribution >= 0.6 is 0 Å². The van der Waals surface area contributed by atoms with Crippen molar-refractivity contribution in [2.75, 3.05) is 7.11 Å². The predicted molar refractivity (Wildman–Crippen MR) is 46.0 cm³/mol. The molecule has 0 unspecified atom stereocenters. The Bertz CT molecular complexity index is 325. The predicted octanol–water partition coefficient (Wildman–Crippen LogP) is 1.83. The molecule has 13 heavy (non-hydrogen) atoms. The Morgan fingerprint density at radius 3 is 2.23 bits per heavy atom. The fourth-order valence-electron chi connectivity index (χ4n) is 1.14. The van der Waals surface area contributed by atoms with Crippen molar-refractivity contribution in [3.8, 4) is 11.5 Å². The Morgan fingerprint density at radius 1 is 1.23 bits per heavy atom. The highest BCUT2D eigenvalue weighted by Gasteiger charge is 2.18. The first kappa shape index (κ1) is 9.64. The second-order valence-electron chi connectivity index (χ2n) is 2.67. The number of hydrogen-bond donors (Lipinski definition) is 0. The van der Waals surface area contributed by atoms with E-state index in [1.54, 1.807) is 13.8 Å². The molecule has 1 rings (SSSR count). The van der Waals surface area contributed by atoms with Crippen LogP contribution in [0.4, 0.5) is 0 Å². The van der Waals surface area contributed by atoms with Crippen LogP contribution in [-0.2, 0) is 4.79 Å². The van der Waals surface area contributed by atoms with Gasteiger partial charge in [-0.05, 0) is 13.8 Å². The monoisotopic (exact) mass is 184 g/mol. The Balaban J connectivity index is 3.09. The molecule has 0 saturated carbocycles. The van der Waals surface area contributed by atoms with Gasteiger partial charge in [-0.25, -0.2) is 0 Å². The van der Waals surface area contributed by atoms with Gasteiger partial charge in [0.25, 0.3) is 0 Å². The summed E-state index contributed by atoms with van der Waals surface area (Å²) < 4.78 is 15.2.